The number of rotatable bonds is 4. The van der Waals surface area contributed by atoms with Crippen molar-refractivity contribution in [3.05, 3.63) is 0 Å². The molecule has 0 unspecified atom stereocenters. The molecule has 1 aliphatic heterocycles. The normalized spacial score (nSPS) is 24.3. The van der Waals surface area contributed by atoms with Crippen LogP contribution in [0.25, 0.3) is 0 Å². The summed E-state index contributed by atoms with van der Waals surface area (Å²) in [6, 6.07) is 0.346. The van der Waals surface area contributed by atoms with Gasteiger partial charge in [-0.3, -0.25) is 0 Å². The van der Waals surface area contributed by atoms with Gasteiger partial charge in [-0.1, -0.05) is 6.92 Å². The second-order valence-electron chi connectivity index (χ2n) is 3.86. The molecule has 0 amide bonds. The predicted octanol–water partition coefficient (Wildman–Crippen LogP) is 1.54. The molecule has 2 nitrogen and oxygen atoms in total. The predicted molar refractivity (Wildman–Crippen MR) is 46.4 cm³/mol. The molecule has 1 saturated heterocycles. The third-order valence-electron chi connectivity index (χ3n) is 2.70. The molecule has 11 heavy (non-hydrogen) atoms. The lowest BCUT2D eigenvalue weighted by Crippen LogP contribution is -2.42. The Bertz CT molecular complexity index is 113. The van der Waals surface area contributed by atoms with Crippen molar-refractivity contribution >= 4 is 0 Å². The first-order valence-electron chi connectivity index (χ1n) is 4.52. The monoisotopic (exact) mass is 157 g/mol. The van der Waals surface area contributed by atoms with Gasteiger partial charge in [0.05, 0.1) is 13.2 Å². The van der Waals surface area contributed by atoms with E-state index in [9.17, 15) is 0 Å². The molecule has 0 bridgehead atoms. The Morgan fingerprint density at radius 1 is 1.55 bits per heavy atom. The smallest absolute Gasteiger partial charge is 0.0544 e. The van der Waals surface area contributed by atoms with E-state index in [0.717, 1.165) is 19.6 Å². The van der Waals surface area contributed by atoms with Crippen LogP contribution in [0.3, 0.4) is 0 Å². The van der Waals surface area contributed by atoms with E-state index >= 15 is 0 Å². The van der Waals surface area contributed by atoms with Crippen molar-refractivity contribution in [1.82, 2.24) is 0 Å². The molecular weight excluding hydrogens is 138 g/mol. The molecule has 1 atom stereocenters. The number of ether oxygens (including phenoxy) is 1. The first-order valence-corrected chi connectivity index (χ1v) is 4.52. The first kappa shape index (κ1) is 9.01. The SMILES string of the molecule is CCC1(CC[C@H](C)N)COC1. The first-order chi connectivity index (χ1) is 5.18. The highest BCUT2D eigenvalue weighted by Gasteiger charge is 2.35. The van der Waals surface area contributed by atoms with Gasteiger partial charge >= 0.3 is 0 Å². The fraction of sp³-hybridized carbons (Fsp3) is 1.00. The Morgan fingerprint density at radius 2 is 2.18 bits per heavy atom. The van der Waals surface area contributed by atoms with Crippen LogP contribution in [-0.4, -0.2) is 19.3 Å². The molecule has 1 fully saturated rings. The highest BCUT2D eigenvalue weighted by molar-refractivity contribution is 4.84. The van der Waals surface area contributed by atoms with E-state index < -0.39 is 0 Å². The molecule has 1 rings (SSSR count). The minimum atomic E-state index is 0.346. The largest absolute Gasteiger partial charge is 0.380 e. The number of hydrogen-bond acceptors (Lipinski definition) is 2. The molecule has 0 saturated carbocycles. The molecule has 1 aliphatic rings. The van der Waals surface area contributed by atoms with Gasteiger partial charge in [0.15, 0.2) is 0 Å². The third-order valence-corrected chi connectivity index (χ3v) is 2.70. The molecule has 0 spiro atoms. The van der Waals surface area contributed by atoms with E-state index in [1.807, 2.05) is 0 Å². The summed E-state index contributed by atoms with van der Waals surface area (Å²) < 4.78 is 5.22. The molecule has 0 aromatic heterocycles. The minimum absolute atomic E-state index is 0.346. The van der Waals surface area contributed by atoms with Crippen molar-refractivity contribution in [2.24, 2.45) is 11.1 Å². The van der Waals surface area contributed by atoms with E-state index in [0.29, 0.717) is 11.5 Å². The Balaban J connectivity index is 2.22. The summed E-state index contributed by atoms with van der Waals surface area (Å²) in [5.74, 6) is 0. The maximum atomic E-state index is 5.69. The Morgan fingerprint density at radius 3 is 2.45 bits per heavy atom. The molecule has 0 aromatic rings. The van der Waals surface area contributed by atoms with Crippen LogP contribution in [0.5, 0.6) is 0 Å². The zero-order valence-electron chi connectivity index (χ0n) is 7.60. The summed E-state index contributed by atoms with van der Waals surface area (Å²) in [5, 5.41) is 0. The molecule has 0 aliphatic carbocycles. The second-order valence-corrected chi connectivity index (χ2v) is 3.86. The zero-order valence-corrected chi connectivity index (χ0v) is 7.60. The Hall–Kier alpha value is -0.0800. The standard InChI is InChI=1S/C9H19NO/c1-3-9(6-11-7-9)5-4-8(2)10/h8H,3-7,10H2,1-2H3/t8-/m0/s1. The summed E-state index contributed by atoms with van der Waals surface area (Å²) in [7, 11) is 0. The molecule has 2 heteroatoms. The maximum Gasteiger partial charge on any atom is 0.0544 e. The van der Waals surface area contributed by atoms with Crippen molar-refractivity contribution in [2.45, 2.75) is 39.2 Å². The average Bonchev–Trinajstić information content (AvgIpc) is 1.86. The summed E-state index contributed by atoms with van der Waals surface area (Å²) in [6.45, 7) is 6.22. The fourth-order valence-electron chi connectivity index (χ4n) is 1.45. The molecule has 2 N–H and O–H groups in total. The number of hydrogen-bond donors (Lipinski definition) is 1. The van der Waals surface area contributed by atoms with E-state index in [-0.39, 0.29) is 0 Å². The van der Waals surface area contributed by atoms with Crippen LogP contribution in [0.15, 0.2) is 0 Å². The van der Waals surface area contributed by atoms with Crippen molar-refractivity contribution < 1.29 is 4.74 Å². The van der Waals surface area contributed by atoms with Gasteiger partial charge in [0, 0.05) is 11.5 Å². The van der Waals surface area contributed by atoms with Gasteiger partial charge in [-0.15, -0.1) is 0 Å². The second kappa shape index (κ2) is 3.55. The molecule has 0 aromatic carbocycles. The van der Waals surface area contributed by atoms with Crippen LogP contribution in [0.4, 0.5) is 0 Å². The topological polar surface area (TPSA) is 35.2 Å². The Labute approximate surface area is 69.1 Å². The molecule has 0 radical (unpaired) electrons. The summed E-state index contributed by atoms with van der Waals surface area (Å²) >= 11 is 0. The van der Waals surface area contributed by atoms with Gasteiger partial charge in [-0.25, -0.2) is 0 Å². The van der Waals surface area contributed by atoms with Gasteiger partial charge in [0.2, 0.25) is 0 Å². The van der Waals surface area contributed by atoms with Gasteiger partial charge in [0.25, 0.3) is 0 Å². The Kier molecular flexibility index (Phi) is 2.90. The van der Waals surface area contributed by atoms with Gasteiger partial charge in [0.1, 0.15) is 0 Å². The molecule has 66 valence electrons. The highest BCUT2D eigenvalue weighted by Crippen LogP contribution is 2.36. The highest BCUT2D eigenvalue weighted by atomic mass is 16.5. The average molecular weight is 157 g/mol. The minimum Gasteiger partial charge on any atom is -0.380 e. The van der Waals surface area contributed by atoms with Crippen molar-refractivity contribution in [3.8, 4) is 0 Å². The lowest BCUT2D eigenvalue weighted by molar-refractivity contribution is -0.120. The van der Waals surface area contributed by atoms with E-state index in [4.69, 9.17) is 10.5 Å². The zero-order chi connectivity index (χ0) is 8.32. The fourth-order valence-corrected chi connectivity index (χ4v) is 1.45. The van der Waals surface area contributed by atoms with Gasteiger partial charge in [-0.05, 0) is 26.2 Å². The van der Waals surface area contributed by atoms with E-state index in [1.165, 1.54) is 12.8 Å². The van der Waals surface area contributed by atoms with Crippen LogP contribution in [0.1, 0.15) is 33.1 Å². The molecular formula is C9H19NO. The van der Waals surface area contributed by atoms with Crippen LogP contribution in [0.2, 0.25) is 0 Å². The lowest BCUT2D eigenvalue weighted by Gasteiger charge is -2.41. The van der Waals surface area contributed by atoms with Crippen LogP contribution < -0.4 is 5.73 Å². The summed E-state index contributed by atoms with van der Waals surface area (Å²) in [5.41, 5.74) is 6.19. The van der Waals surface area contributed by atoms with E-state index in [1.54, 1.807) is 0 Å². The van der Waals surface area contributed by atoms with Crippen molar-refractivity contribution in [3.63, 3.8) is 0 Å². The van der Waals surface area contributed by atoms with Crippen molar-refractivity contribution in [1.29, 1.82) is 0 Å². The van der Waals surface area contributed by atoms with Crippen molar-refractivity contribution in [2.75, 3.05) is 13.2 Å². The van der Waals surface area contributed by atoms with Gasteiger partial charge in [-0.2, -0.15) is 0 Å². The van der Waals surface area contributed by atoms with Gasteiger partial charge < -0.3 is 10.5 Å². The number of nitrogens with two attached hydrogens (primary N) is 1. The maximum absolute atomic E-state index is 5.69. The summed E-state index contributed by atoms with van der Waals surface area (Å²) in [6.07, 6.45) is 3.61. The van der Waals surface area contributed by atoms with Crippen LogP contribution >= 0.6 is 0 Å². The molecule has 1 heterocycles. The lowest BCUT2D eigenvalue weighted by atomic mass is 9.78. The quantitative estimate of drug-likeness (QED) is 0.672. The summed E-state index contributed by atoms with van der Waals surface area (Å²) in [4.78, 5) is 0. The van der Waals surface area contributed by atoms with E-state index in [2.05, 4.69) is 13.8 Å². The van der Waals surface area contributed by atoms with Crippen LogP contribution in [0, 0.1) is 5.41 Å². The van der Waals surface area contributed by atoms with Crippen LogP contribution in [-0.2, 0) is 4.74 Å². The third kappa shape index (κ3) is 2.17.